The zero-order valence-corrected chi connectivity index (χ0v) is 18.3. The zero-order valence-electron chi connectivity index (χ0n) is 17.5. The number of aromatic nitrogens is 1. The molecule has 0 fully saturated rings. The summed E-state index contributed by atoms with van der Waals surface area (Å²) < 4.78 is 4.80. The van der Waals surface area contributed by atoms with Gasteiger partial charge in [-0.25, -0.2) is 9.78 Å². The van der Waals surface area contributed by atoms with Crippen LogP contribution in [0.5, 0.6) is 0 Å². The minimum atomic E-state index is -0.368. The molecule has 3 aromatic rings. The number of thiazole rings is 1. The third-order valence-corrected chi connectivity index (χ3v) is 5.62. The van der Waals surface area contributed by atoms with Crippen LogP contribution in [0.15, 0.2) is 59.7 Å². The monoisotopic (exact) mass is 422 g/mol. The van der Waals surface area contributed by atoms with Gasteiger partial charge in [0.1, 0.15) is 4.88 Å². The molecule has 0 spiro atoms. The van der Waals surface area contributed by atoms with Gasteiger partial charge < -0.3 is 9.64 Å². The number of rotatable bonds is 9. The molecule has 6 nitrogen and oxygen atoms in total. The van der Waals surface area contributed by atoms with E-state index in [2.05, 4.69) is 63.7 Å². The minimum absolute atomic E-state index is 0.368. The predicted molar refractivity (Wildman–Crippen MR) is 124 cm³/mol. The molecule has 0 atom stereocenters. The Bertz CT molecular complexity index is 984. The average Bonchev–Trinajstić information content (AvgIpc) is 3.21. The predicted octanol–water partition coefficient (Wildman–Crippen LogP) is 4.96. The molecule has 0 amide bonds. The number of hydrogen-bond donors (Lipinski definition) is 1. The lowest BCUT2D eigenvalue weighted by atomic mass is 10.1. The molecule has 1 aromatic heterocycles. The smallest absolute Gasteiger partial charge is 0.350 e. The summed E-state index contributed by atoms with van der Waals surface area (Å²) in [5.41, 5.74) is 7.05. The molecule has 0 saturated heterocycles. The number of anilines is 2. The fraction of sp³-hybridized carbons (Fsp3) is 0.261. The quantitative estimate of drug-likeness (QED) is 0.300. The molecule has 30 heavy (non-hydrogen) atoms. The fourth-order valence-corrected chi connectivity index (χ4v) is 3.94. The standard InChI is InChI=1S/C23H26N4O2S/c1-4-20-21(22(28)29-3)30-23(25-20)26-24-15-17-11-13-19(14-12-17)27(5-2)16-18-9-7-6-8-10-18/h6-15H,4-5,16H2,1-3H3,(H,25,26)/b24-15-. The van der Waals surface area contributed by atoms with Crippen molar-refractivity contribution in [3.05, 3.63) is 76.3 Å². The van der Waals surface area contributed by atoms with Crippen LogP contribution < -0.4 is 10.3 Å². The van der Waals surface area contributed by atoms with E-state index in [9.17, 15) is 4.79 Å². The van der Waals surface area contributed by atoms with E-state index in [1.54, 1.807) is 6.21 Å². The minimum Gasteiger partial charge on any atom is -0.465 e. The second-order valence-electron chi connectivity index (χ2n) is 6.60. The molecule has 0 saturated carbocycles. The third kappa shape index (κ3) is 5.45. The van der Waals surface area contributed by atoms with Crippen molar-refractivity contribution in [2.24, 2.45) is 5.10 Å². The Morgan fingerprint density at radius 2 is 1.90 bits per heavy atom. The molecule has 0 aliphatic heterocycles. The van der Waals surface area contributed by atoms with Crippen LogP contribution in [0.4, 0.5) is 10.8 Å². The number of nitrogens with one attached hydrogen (secondary N) is 1. The molecular weight excluding hydrogens is 396 g/mol. The van der Waals surface area contributed by atoms with Crippen LogP contribution in [0, 0.1) is 0 Å². The number of benzene rings is 2. The third-order valence-electron chi connectivity index (χ3n) is 4.63. The summed E-state index contributed by atoms with van der Waals surface area (Å²) in [6, 6.07) is 18.7. The lowest BCUT2D eigenvalue weighted by Crippen LogP contribution is -2.21. The van der Waals surface area contributed by atoms with Crippen LogP contribution in [-0.2, 0) is 17.7 Å². The first-order valence-electron chi connectivity index (χ1n) is 9.90. The van der Waals surface area contributed by atoms with Crippen LogP contribution in [0.2, 0.25) is 0 Å². The Hall–Kier alpha value is -3.19. The first-order valence-corrected chi connectivity index (χ1v) is 10.7. The Kier molecular flexibility index (Phi) is 7.57. The topological polar surface area (TPSA) is 66.8 Å². The van der Waals surface area contributed by atoms with Crippen LogP contribution in [-0.4, -0.2) is 30.8 Å². The largest absolute Gasteiger partial charge is 0.465 e. The Morgan fingerprint density at radius 1 is 1.17 bits per heavy atom. The SMILES string of the molecule is CCc1nc(N/N=C\c2ccc(N(CC)Cc3ccccc3)cc2)sc1C(=O)OC. The van der Waals surface area contributed by atoms with Crippen molar-refractivity contribution in [3.63, 3.8) is 0 Å². The van der Waals surface area contributed by atoms with Crippen LogP contribution in [0.25, 0.3) is 0 Å². The highest BCUT2D eigenvalue weighted by molar-refractivity contribution is 7.17. The van der Waals surface area contributed by atoms with E-state index in [1.807, 2.05) is 25.1 Å². The van der Waals surface area contributed by atoms with Gasteiger partial charge in [0.2, 0.25) is 5.13 Å². The number of esters is 1. The molecule has 156 valence electrons. The number of hydrogen-bond acceptors (Lipinski definition) is 7. The van der Waals surface area contributed by atoms with Gasteiger partial charge in [-0.3, -0.25) is 5.43 Å². The number of methoxy groups -OCH3 is 1. The summed E-state index contributed by atoms with van der Waals surface area (Å²) in [5.74, 6) is -0.368. The van der Waals surface area contributed by atoms with Crippen molar-refractivity contribution in [1.29, 1.82) is 0 Å². The van der Waals surface area contributed by atoms with Gasteiger partial charge in [-0.05, 0) is 36.6 Å². The molecule has 2 aromatic carbocycles. The van der Waals surface area contributed by atoms with Crippen LogP contribution in [0.3, 0.4) is 0 Å². The van der Waals surface area contributed by atoms with E-state index in [0.29, 0.717) is 22.1 Å². The van der Waals surface area contributed by atoms with Crippen molar-refractivity contribution in [2.75, 3.05) is 24.0 Å². The number of ether oxygens (including phenoxy) is 1. The van der Waals surface area contributed by atoms with Crippen molar-refractivity contribution in [3.8, 4) is 0 Å². The molecule has 1 N–H and O–H groups in total. The molecule has 0 aliphatic rings. The van der Waals surface area contributed by atoms with Gasteiger partial charge in [-0.2, -0.15) is 5.10 Å². The lowest BCUT2D eigenvalue weighted by molar-refractivity contribution is 0.0605. The van der Waals surface area contributed by atoms with Crippen molar-refractivity contribution in [1.82, 2.24) is 4.98 Å². The number of carbonyl (C=O) groups excluding carboxylic acids is 1. The van der Waals surface area contributed by atoms with Crippen LogP contribution >= 0.6 is 11.3 Å². The second-order valence-corrected chi connectivity index (χ2v) is 7.60. The summed E-state index contributed by atoms with van der Waals surface area (Å²) in [4.78, 5) is 19.0. The number of nitrogens with zero attached hydrogens (tertiary/aromatic N) is 3. The normalized spacial score (nSPS) is 10.9. The first kappa shape index (κ1) is 21.5. The van der Waals surface area contributed by atoms with E-state index in [0.717, 1.165) is 18.7 Å². The molecular formula is C23H26N4O2S. The van der Waals surface area contributed by atoms with Gasteiger partial charge in [-0.15, -0.1) is 0 Å². The highest BCUT2D eigenvalue weighted by atomic mass is 32.1. The Morgan fingerprint density at radius 3 is 2.53 bits per heavy atom. The number of hydrazone groups is 1. The molecule has 0 bridgehead atoms. The maximum Gasteiger partial charge on any atom is 0.350 e. The molecule has 0 aliphatic carbocycles. The van der Waals surface area contributed by atoms with Gasteiger partial charge in [0, 0.05) is 18.8 Å². The zero-order chi connectivity index (χ0) is 21.3. The van der Waals surface area contributed by atoms with Crippen molar-refractivity contribution in [2.45, 2.75) is 26.8 Å². The average molecular weight is 423 g/mol. The maximum atomic E-state index is 11.8. The van der Waals surface area contributed by atoms with Crippen molar-refractivity contribution < 1.29 is 9.53 Å². The van der Waals surface area contributed by atoms with E-state index in [1.165, 1.54) is 29.7 Å². The van der Waals surface area contributed by atoms with Gasteiger partial charge in [0.15, 0.2) is 0 Å². The summed E-state index contributed by atoms with van der Waals surface area (Å²) in [6.45, 7) is 5.91. The molecule has 0 radical (unpaired) electrons. The fourth-order valence-electron chi connectivity index (χ4n) is 3.01. The van der Waals surface area contributed by atoms with Gasteiger partial charge in [-0.1, -0.05) is 60.7 Å². The molecule has 7 heteroatoms. The number of carbonyl (C=O) groups is 1. The highest BCUT2D eigenvalue weighted by Gasteiger charge is 2.17. The van der Waals surface area contributed by atoms with E-state index in [4.69, 9.17) is 4.74 Å². The molecule has 3 rings (SSSR count). The number of aryl methyl sites for hydroxylation is 1. The van der Waals surface area contributed by atoms with Gasteiger partial charge >= 0.3 is 5.97 Å². The van der Waals surface area contributed by atoms with Crippen LogP contribution in [0.1, 0.15) is 40.3 Å². The van der Waals surface area contributed by atoms with E-state index in [-0.39, 0.29) is 5.97 Å². The Balaban J connectivity index is 1.63. The summed E-state index contributed by atoms with van der Waals surface area (Å²) in [5, 5.41) is 4.82. The maximum absolute atomic E-state index is 11.8. The van der Waals surface area contributed by atoms with E-state index >= 15 is 0 Å². The van der Waals surface area contributed by atoms with E-state index < -0.39 is 0 Å². The molecule has 0 unspecified atom stereocenters. The highest BCUT2D eigenvalue weighted by Crippen LogP contribution is 2.24. The second kappa shape index (κ2) is 10.5. The summed E-state index contributed by atoms with van der Waals surface area (Å²) in [6.07, 6.45) is 2.40. The van der Waals surface area contributed by atoms with Gasteiger partial charge in [0.25, 0.3) is 0 Å². The first-order chi connectivity index (χ1) is 14.6. The van der Waals surface area contributed by atoms with Gasteiger partial charge in [0.05, 0.1) is 19.0 Å². The summed E-state index contributed by atoms with van der Waals surface area (Å²) >= 11 is 1.24. The lowest BCUT2D eigenvalue weighted by Gasteiger charge is -2.23. The van der Waals surface area contributed by atoms with Crippen molar-refractivity contribution >= 4 is 34.3 Å². The Labute approximate surface area is 181 Å². The molecule has 1 heterocycles. The summed E-state index contributed by atoms with van der Waals surface area (Å²) in [7, 11) is 1.37.